The Morgan fingerprint density at radius 3 is 2.78 bits per heavy atom. The predicted octanol–water partition coefficient (Wildman–Crippen LogP) is 1.80. The maximum Gasteiger partial charge on any atom is 0.224 e. The van der Waals surface area contributed by atoms with Gasteiger partial charge in [-0.3, -0.25) is 0 Å². The van der Waals surface area contributed by atoms with Crippen molar-refractivity contribution in [2.75, 3.05) is 19.8 Å². The number of aromatic nitrogens is 2. The van der Waals surface area contributed by atoms with Crippen LogP contribution in [0.3, 0.4) is 0 Å². The minimum Gasteiger partial charge on any atom is -0.472 e. The molecule has 1 aromatic carbocycles. The molecule has 3 rings (SSSR count). The highest BCUT2D eigenvalue weighted by atomic mass is 35.5. The second kappa shape index (κ2) is 5.95. The fraction of sp³-hybridized carbons (Fsp3) is 0.333. The van der Waals surface area contributed by atoms with Gasteiger partial charge in [-0.15, -0.1) is 12.4 Å². The van der Waals surface area contributed by atoms with Crippen LogP contribution in [-0.2, 0) is 9.47 Å². The maximum absolute atomic E-state index is 5.60. The first kappa shape index (κ1) is 13.0. The van der Waals surface area contributed by atoms with E-state index in [4.69, 9.17) is 14.2 Å². The van der Waals surface area contributed by atoms with Crippen molar-refractivity contribution in [3.63, 3.8) is 0 Å². The van der Waals surface area contributed by atoms with Gasteiger partial charge in [0.1, 0.15) is 12.9 Å². The topological polar surface area (TPSA) is 53.5 Å². The van der Waals surface area contributed by atoms with E-state index >= 15 is 0 Å². The van der Waals surface area contributed by atoms with Crippen LogP contribution in [0.2, 0.25) is 0 Å². The summed E-state index contributed by atoms with van der Waals surface area (Å²) in [5.41, 5.74) is 0.866. The van der Waals surface area contributed by atoms with Gasteiger partial charge in [0.2, 0.25) is 5.88 Å². The Bertz CT molecular complexity index is 512. The SMILES string of the molecule is Cl.c1ccc2c(OCC3OCCO3)ncnc2c1. The van der Waals surface area contributed by atoms with Crippen molar-refractivity contribution in [3.8, 4) is 5.88 Å². The van der Waals surface area contributed by atoms with E-state index in [0.717, 1.165) is 10.9 Å². The molecule has 2 heterocycles. The molecule has 0 bridgehead atoms. The van der Waals surface area contributed by atoms with Gasteiger partial charge in [0, 0.05) is 0 Å². The minimum absolute atomic E-state index is 0. The van der Waals surface area contributed by atoms with Gasteiger partial charge in [-0.2, -0.15) is 0 Å². The number of hydrogen-bond acceptors (Lipinski definition) is 5. The van der Waals surface area contributed by atoms with E-state index in [1.165, 1.54) is 6.33 Å². The highest BCUT2D eigenvalue weighted by Gasteiger charge is 2.17. The Labute approximate surface area is 111 Å². The first-order valence-electron chi connectivity index (χ1n) is 5.49. The molecule has 1 aliphatic rings. The van der Waals surface area contributed by atoms with E-state index in [0.29, 0.717) is 25.7 Å². The van der Waals surface area contributed by atoms with Crippen molar-refractivity contribution in [1.82, 2.24) is 9.97 Å². The average Bonchev–Trinajstić information content (AvgIpc) is 2.89. The normalized spacial score (nSPS) is 15.6. The monoisotopic (exact) mass is 268 g/mol. The number of halogens is 1. The molecule has 0 aliphatic carbocycles. The Balaban J connectivity index is 0.00000120. The standard InChI is InChI=1S/C12H12N2O3.ClH/c1-2-4-10-9(3-1)12(14-8-13-10)17-7-11-15-5-6-16-11;/h1-4,8,11H,5-7H2;1H. The summed E-state index contributed by atoms with van der Waals surface area (Å²) in [6.45, 7) is 1.60. The zero-order valence-corrected chi connectivity index (χ0v) is 10.4. The van der Waals surface area contributed by atoms with E-state index in [9.17, 15) is 0 Å². The molecule has 18 heavy (non-hydrogen) atoms. The third-order valence-electron chi connectivity index (χ3n) is 2.55. The van der Waals surface area contributed by atoms with Crippen LogP contribution in [0, 0.1) is 0 Å². The number of nitrogens with zero attached hydrogens (tertiary/aromatic N) is 2. The number of fused-ring (bicyclic) bond motifs is 1. The van der Waals surface area contributed by atoms with Crippen molar-refractivity contribution >= 4 is 23.3 Å². The van der Waals surface area contributed by atoms with Crippen LogP contribution >= 0.6 is 12.4 Å². The highest BCUT2D eigenvalue weighted by molar-refractivity contribution is 5.85. The van der Waals surface area contributed by atoms with Crippen LogP contribution in [-0.4, -0.2) is 36.1 Å². The van der Waals surface area contributed by atoms with Gasteiger partial charge in [-0.25, -0.2) is 9.97 Å². The molecule has 6 heteroatoms. The Hall–Kier alpha value is -1.43. The first-order valence-corrected chi connectivity index (χ1v) is 5.49. The Morgan fingerprint density at radius 2 is 1.94 bits per heavy atom. The number of benzene rings is 1. The molecule has 0 spiro atoms. The van der Waals surface area contributed by atoms with Crippen LogP contribution in [0.1, 0.15) is 0 Å². The van der Waals surface area contributed by atoms with Gasteiger partial charge in [0.15, 0.2) is 6.29 Å². The van der Waals surface area contributed by atoms with E-state index in [2.05, 4.69) is 9.97 Å². The molecule has 0 radical (unpaired) electrons. The molecule has 0 N–H and O–H groups in total. The molecule has 1 saturated heterocycles. The van der Waals surface area contributed by atoms with Gasteiger partial charge in [0.25, 0.3) is 0 Å². The van der Waals surface area contributed by atoms with Gasteiger partial charge in [0.05, 0.1) is 24.1 Å². The Kier molecular flexibility index (Phi) is 4.30. The van der Waals surface area contributed by atoms with Crippen LogP contribution in [0.25, 0.3) is 10.9 Å². The lowest BCUT2D eigenvalue weighted by atomic mass is 10.2. The maximum atomic E-state index is 5.60. The summed E-state index contributed by atoms with van der Waals surface area (Å²) in [6.07, 6.45) is 1.21. The smallest absolute Gasteiger partial charge is 0.224 e. The summed E-state index contributed by atoms with van der Waals surface area (Å²) in [6, 6.07) is 7.72. The van der Waals surface area contributed by atoms with Crippen molar-refractivity contribution in [1.29, 1.82) is 0 Å². The van der Waals surface area contributed by atoms with E-state index < -0.39 is 0 Å². The summed E-state index contributed by atoms with van der Waals surface area (Å²) < 4.78 is 16.2. The van der Waals surface area contributed by atoms with Crippen molar-refractivity contribution in [2.24, 2.45) is 0 Å². The number of para-hydroxylation sites is 1. The predicted molar refractivity (Wildman–Crippen MR) is 68.0 cm³/mol. The third-order valence-corrected chi connectivity index (χ3v) is 2.55. The zero-order chi connectivity index (χ0) is 11.5. The average molecular weight is 269 g/mol. The summed E-state index contributed by atoms with van der Waals surface area (Å²) in [4.78, 5) is 8.29. The van der Waals surface area contributed by atoms with Crippen LogP contribution in [0.4, 0.5) is 0 Å². The second-order valence-corrected chi connectivity index (χ2v) is 3.68. The molecule has 0 atom stereocenters. The van der Waals surface area contributed by atoms with Gasteiger partial charge >= 0.3 is 0 Å². The Morgan fingerprint density at radius 1 is 1.17 bits per heavy atom. The molecule has 0 saturated carbocycles. The lowest BCUT2D eigenvalue weighted by Gasteiger charge is -2.11. The summed E-state index contributed by atoms with van der Waals surface area (Å²) in [5.74, 6) is 0.565. The largest absolute Gasteiger partial charge is 0.472 e. The van der Waals surface area contributed by atoms with Crippen molar-refractivity contribution in [3.05, 3.63) is 30.6 Å². The molecule has 2 aromatic rings. The fourth-order valence-electron chi connectivity index (χ4n) is 1.75. The second-order valence-electron chi connectivity index (χ2n) is 3.68. The number of hydrogen-bond donors (Lipinski definition) is 0. The molecule has 5 nitrogen and oxygen atoms in total. The molecule has 1 aromatic heterocycles. The molecule has 96 valence electrons. The molecular formula is C12H13ClN2O3. The van der Waals surface area contributed by atoms with Gasteiger partial charge < -0.3 is 14.2 Å². The van der Waals surface area contributed by atoms with Crippen LogP contribution < -0.4 is 4.74 Å². The summed E-state index contributed by atoms with van der Waals surface area (Å²) in [7, 11) is 0. The lowest BCUT2D eigenvalue weighted by molar-refractivity contribution is -0.0689. The van der Waals surface area contributed by atoms with E-state index in [1.807, 2.05) is 24.3 Å². The molecule has 1 aliphatic heterocycles. The van der Waals surface area contributed by atoms with E-state index in [1.54, 1.807) is 0 Å². The summed E-state index contributed by atoms with van der Waals surface area (Å²) in [5, 5.41) is 0.896. The van der Waals surface area contributed by atoms with Gasteiger partial charge in [-0.05, 0) is 12.1 Å². The van der Waals surface area contributed by atoms with Crippen LogP contribution in [0.15, 0.2) is 30.6 Å². The molecule has 0 amide bonds. The quantitative estimate of drug-likeness (QED) is 0.850. The highest BCUT2D eigenvalue weighted by Crippen LogP contribution is 2.21. The molecular weight excluding hydrogens is 256 g/mol. The zero-order valence-electron chi connectivity index (χ0n) is 9.61. The van der Waals surface area contributed by atoms with Crippen molar-refractivity contribution in [2.45, 2.75) is 6.29 Å². The van der Waals surface area contributed by atoms with Gasteiger partial charge in [-0.1, -0.05) is 12.1 Å². The number of ether oxygens (including phenoxy) is 3. The third kappa shape index (κ3) is 2.69. The summed E-state index contributed by atoms with van der Waals surface area (Å²) >= 11 is 0. The molecule has 0 unspecified atom stereocenters. The lowest BCUT2D eigenvalue weighted by Crippen LogP contribution is -2.18. The first-order chi connectivity index (χ1) is 8.43. The minimum atomic E-state index is -0.288. The van der Waals surface area contributed by atoms with Crippen molar-refractivity contribution < 1.29 is 14.2 Å². The number of rotatable bonds is 3. The molecule has 1 fully saturated rings. The fourth-order valence-corrected chi connectivity index (χ4v) is 1.75. The van der Waals surface area contributed by atoms with E-state index in [-0.39, 0.29) is 18.7 Å². The van der Waals surface area contributed by atoms with Crippen LogP contribution in [0.5, 0.6) is 5.88 Å².